The molecule has 2 saturated carbocycles. The third-order valence-corrected chi connectivity index (χ3v) is 12.5. The van der Waals surface area contributed by atoms with Crippen molar-refractivity contribution < 1.29 is 36.7 Å². The van der Waals surface area contributed by atoms with E-state index in [0.717, 1.165) is 6.42 Å². The Morgan fingerprint density at radius 3 is 2.69 bits per heavy atom. The number of amides is 3. The van der Waals surface area contributed by atoms with Gasteiger partial charge in [-0.2, -0.15) is 0 Å². The van der Waals surface area contributed by atoms with Crippen LogP contribution in [-0.2, 0) is 24.4 Å². The van der Waals surface area contributed by atoms with Crippen LogP contribution in [0.5, 0.6) is 11.6 Å². The Hall–Kier alpha value is -3.85. The highest BCUT2D eigenvalue weighted by molar-refractivity contribution is 7.91. The molecule has 2 aliphatic heterocycles. The van der Waals surface area contributed by atoms with Gasteiger partial charge in [-0.3, -0.25) is 19.1 Å². The van der Waals surface area contributed by atoms with Crippen molar-refractivity contribution in [2.45, 2.75) is 87.3 Å². The molecule has 2 aliphatic carbocycles. The van der Waals surface area contributed by atoms with Crippen molar-refractivity contribution in [1.29, 1.82) is 0 Å². The van der Waals surface area contributed by atoms with Crippen LogP contribution < -0.4 is 25.2 Å². The number of aromatic nitrogens is 2. The van der Waals surface area contributed by atoms with E-state index >= 15 is 0 Å². The molecule has 260 valence electrons. The average Bonchev–Trinajstić information content (AvgIpc) is 3.96. The summed E-state index contributed by atoms with van der Waals surface area (Å²) in [6.07, 6.45) is 7.21. The second kappa shape index (κ2) is 12.9. The van der Waals surface area contributed by atoms with E-state index in [9.17, 15) is 27.2 Å². The van der Waals surface area contributed by atoms with Gasteiger partial charge in [0.1, 0.15) is 34.9 Å². The van der Waals surface area contributed by atoms with Crippen LogP contribution in [0.2, 0.25) is 0 Å². The molecule has 6 rings (SSSR count). The second-order valence-corrected chi connectivity index (χ2v) is 16.0. The van der Waals surface area contributed by atoms with Crippen LogP contribution in [-0.4, -0.2) is 89.8 Å². The largest absolute Gasteiger partial charge is 0.497 e. The summed E-state index contributed by atoms with van der Waals surface area (Å²) in [5, 5.41) is 2.80. The molecule has 3 fully saturated rings. The van der Waals surface area contributed by atoms with Gasteiger partial charge in [0.25, 0.3) is 5.91 Å². The molecule has 3 heterocycles. The quantitative estimate of drug-likeness (QED) is 0.365. The maximum absolute atomic E-state index is 14.1. The number of alkyl halides is 1. The maximum atomic E-state index is 14.1. The van der Waals surface area contributed by atoms with E-state index in [-0.39, 0.29) is 49.9 Å². The Kier molecular flexibility index (Phi) is 9.13. The molecular formula is C33H43FN6O7S. The number of carbonyl (C=O) groups is 3. The Balaban J connectivity index is 1.28. The molecule has 3 amide bonds. The third kappa shape index (κ3) is 6.46. The number of carbonyl (C=O) groups excluding carboxylic acids is 3. The predicted octanol–water partition coefficient (Wildman–Crippen LogP) is 2.15. The van der Waals surface area contributed by atoms with Crippen LogP contribution in [0, 0.1) is 17.8 Å². The fourth-order valence-electron chi connectivity index (χ4n) is 6.90. The lowest BCUT2D eigenvalue weighted by Crippen LogP contribution is -2.58. The summed E-state index contributed by atoms with van der Waals surface area (Å²) < 4.78 is 51.6. The molecule has 0 bridgehead atoms. The number of methoxy groups -OCH3 is 1. The first kappa shape index (κ1) is 34.0. The standard InChI is InChI=1S/C33H43FN6O7S/c1-19-6-4-5-7-21-15-33(21,31(43)39-48(44,45)32(18-34)10-11-32)38-29(41)26-14-23(17-40(26)30(42)28(35)20(2)12-19)47-27-16-36-24-9-8-22(46-3)13-25(24)37-27/h5,7-9,13,16,19-21,23,26,28H,4,6,10-12,14-15,17-18,35H2,1-3H3,(H,38,41)(H,39,43)/b7-5-/t19-,20-,21-,23-,26+,28+,33-/m1/s1. The molecule has 1 saturated heterocycles. The molecule has 7 atom stereocenters. The zero-order chi connectivity index (χ0) is 34.4. The molecule has 13 nitrogen and oxygen atoms in total. The number of fused-ring (bicyclic) bond motifs is 3. The highest BCUT2D eigenvalue weighted by Crippen LogP contribution is 2.48. The van der Waals surface area contributed by atoms with Gasteiger partial charge in [-0.05, 0) is 62.5 Å². The summed E-state index contributed by atoms with van der Waals surface area (Å²) in [5.74, 6) is -1.60. The zero-order valence-corrected chi connectivity index (χ0v) is 28.2. The number of hydrogen-bond donors (Lipinski definition) is 3. The number of nitrogens with two attached hydrogens (primary N) is 1. The number of benzene rings is 1. The van der Waals surface area contributed by atoms with E-state index in [4.69, 9.17) is 15.2 Å². The van der Waals surface area contributed by atoms with Crippen LogP contribution in [0.15, 0.2) is 36.5 Å². The van der Waals surface area contributed by atoms with Gasteiger partial charge < -0.3 is 25.4 Å². The van der Waals surface area contributed by atoms with Crippen LogP contribution in [0.4, 0.5) is 4.39 Å². The first-order valence-corrected chi connectivity index (χ1v) is 17.9. The van der Waals surface area contributed by atoms with E-state index in [1.807, 2.05) is 19.1 Å². The molecule has 2 aromatic rings. The van der Waals surface area contributed by atoms with Crippen LogP contribution in [0.3, 0.4) is 0 Å². The van der Waals surface area contributed by atoms with E-state index in [1.54, 1.807) is 25.3 Å². The van der Waals surface area contributed by atoms with Crippen molar-refractivity contribution in [3.05, 3.63) is 36.5 Å². The van der Waals surface area contributed by atoms with Crippen LogP contribution in [0.1, 0.15) is 58.8 Å². The smallest absolute Gasteiger partial charge is 0.259 e. The van der Waals surface area contributed by atoms with Gasteiger partial charge in [0.15, 0.2) is 0 Å². The molecule has 1 aromatic carbocycles. The summed E-state index contributed by atoms with van der Waals surface area (Å²) in [6, 6.07) is 3.30. The SMILES string of the molecule is COc1ccc2ncc(O[C@@H]3C[C@H]4C(=O)N[C@]5(C(=O)NS(=O)(=O)C6(CF)CC6)C[C@H]5/C=C\CC[C@@H](C)C[C@@H](C)[C@H](N)C(=O)N4C3)nc2c1. The van der Waals surface area contributed by atoms with E-state index in [0.29, 0.717) is 29.6 Å². The predicted molar refractivity (Wildman–Crippen MR) is 174 cm³/mol. The van der Waals surface area contributed by atoms with Crippen molar-refractivity contribution >= 4 is 38.8 Å². The molecule has 4 aliphatic rings. The van der Waals surface area contributed by atoms with Gasteiger partial charge >= 0.3 is 0 Å². The average molecular weight is 687 g/mol. The van der Waals surface area contributed by atoms with Gasteiger partial charge in [-0.15, -0.1) is 0 Å². The first-order chi connectivity index (χ1) is 22.8. The second-order valence-electron chi connectivity index (χ2n) is 13.9. The maximum Gasteiger partial charge on any atom is 0.259 e. The number of rotatable bonds is 7. The molecule has 1 aromatic heterocycles. The third-order valence-electron chi connectivity index (χ3n) is 10.3. The Bertz CT molecular complexity index is 1740. The number of allylic oxidation sites excluding steroid dienone is 1. The lowest BCUT2D eigenvalue weighted by atomic mass is 9.88. The zero-order valence-electron chi connectivity index (χ0n) is 27.4. The van der Waals surface area contributed by atoms with Crippen LogP contribution >= 0.6 is 0 Å². The van der Waals surface area contributed by atoms with E-state index in [2.05, 4.69) is 26.9 Å². The highest BCUT2D eigenvalue weighted by Gasteiger charge is 2.64. The van der Waals surface area contributed by atoms with E-state index < -0.39 is 68.8 Å². The van der Waals surface area contributed by atoms with Crippen LogP contribution in [0.25, 0.3) is 11.0 Å². The van der Waals surface area contributed by atoms with Gasteiger partial charge in [0.2, 0.25) is 27.7 Å². The van der Waals surface area contributed by atoms with Gasteiger partial charge in [-0.25, -0.2) is 22.8 Å². The highest BCUT2D eigenvalue weighted by atomic mass is 32.2. The van der Waals surface area contributed by atoms with Gasteiger partial charge in [-0.1, -0.05) is 26.0 Å². The lowest BCUT2D eigenvalue weighted by Gasteiger charge is -2.30. The number of ether oxygens (including phenoxy) is 2. The number of nitrogens with one attached hydrogen (secondary N) is 2. The Morgan fingerprint density at radius 1 is 1.21 bits per heavy atom. The number of nitrogens with zero attached hydrogens (tertiary/aromatic N) is 3. The summed E-state index contributed by atoms with van der Waals surface area (Å²) in [7, 11) is -2.78. The molecular weight excluding hydrogens is 643 g/mol. The molecule has 15 heteroatoms. The minimum Gasteiger partial charge on any atom is -0.497 e. The minimum atomic E-state index is -4.32. The fraction of sp³-hybridized carbons (Fsp3) is 0.606. The molecule has 0 unspecified atom stereocenters. The number of hydrogen-bond acceptors (Lipinski definition) is 10. The normalized spacial score (nSPS) is 32.6. The number of sulfonamides is 1. The first-order valence-electron chi connectivity index (χ1n) is 16.5. The van der Waals surface area contributed by atoms with Crippen molar-refractivity contribution in [2.75, 3.05) is 20.3 Å². The fourth-order valence-corrected chi connectivity index (χ4v) is 8.32. The molecule has 0 spiro atoms. The summed E-state index contributed by atoms with van der Waals surface area (Å²) >= 11 is 0. The summed E-state index contributed by atoms with van der Waals surface area (Å²) in [5.41, 5.74) is 6.11. The molecule has 4 N–H and O–H groups in total. The lowest BCUT2D eigenvalue weighted by molar-refractivity contribution is -0.141. The van der Waals surface area contributed by atoms with Crippen molar-refractivity contribution in [2.24, 2.45) is 23.5 Å². The Labute approximate surface area is 279 Å². The Morgan fingerprint density at radius 2 is 1.98 bits per heavy atom. The van der Waals surface area contributed by atoms with E-state index in [1.165, 1.54) is 11.1 Å². The summed E-state index contributed by atoms with van der Waals surface area (Å²) in [4.78, 5) is 52.0. The van der Waals surface area contributed by atoms with Crippen molar-refractivity contribution in [1.82, 2.24) is 24.9 Å². The number of halogens is 1. The monoisotopic (exact) mass is 686 g/mol. The topological polar surface area (TPSA) is 183 Å². The summed E-state index contributed by atoms with van der Waals surface area (Å²) in [6.45, 7) is 2.93. The van der Waals surface area contributed by atoms with Crippen molar-refractivity contribution in [3.8, 4) is 11.6 Å². The van der Waals surface area contributed by atoms with Crippen molar-refractivity contribution in [3.63, 3.8) is 0 Å². The minimum absolute atomic E-state index is 0.0284. The van der Waals surface area contributed by atoms with Gasteiger partial charge in [0.05, 0.1) is 36.9 Å². The van der Waals surface area contributed by atoms with Gasteiger partial charge in [0, 0.05) is 18.4 Å². The molecule has 0 radical (unpaired) electrons. The molecule has 48 heavy (non-hydrogen) atoms.